The molecule has 0 spiro atoms. The zero-order valence-corrected chi connectivity index (χ0v) is 34.1. The number of nitrogens with zero attached hydrogens (tertiary/aromatic N) is 8. The maximum Gasteiger partial charge on any atom is 0.236 e. The van der Waals surface area contributed by atoms with E-state index in [1.54, 1.807) is 6.92 Å². The Balaban J connectivity index is 0.000000324. The fraction of sp³-hybridized carbons (Fsp3) is 0.946. The van der Waals surface area contributed by atoms with Crippen LogP contribution in [0.25, 0.3) is 0 Å². The molecule has 4 fully saturated rings. The molecule has 1 N–H and O–H groups in total. The first-order valence-corrected chi connectivity index (χ1v) is 18.8. The normalized spacial score (nSPS) is 21.3. The second kappa shape index (κ2) is 21.8. The standard InChI is InChI=1S/C11H23N3O.C9H18N2O.C9H20N2.C8H18N2/c1-10(2)13-5-7-14(8-6-13)11(15)9-12(3)4;1-8(2)10-4-6-11(7-5-10)9(3)12;1-9(2,3)11-7-5-10(4)6-8-11;1-8(2,3)10-6-4-9-5-7-10/h10H,5-9H2,1-4H3;8H,4-7H2,1-3H3;5-8H2,1-4H3;9H,4-7H2,1-3H3. The van der Waals surface area contributed by atoms with Gasteiger partial charge in [-0.2, -0.15) is 0 Å². The van der Waals surface area contributed by atoms with Gasteiger partial charge in [0.1, 0.15) is 0 Å². The summed E-state index contributed by atoms with van der Waals surface area (Å²) in [6.07, 6.45) is 0. The molecule has 0 radical (unpaired) electrons. The van der Waals surface area contributed by atoms with E-state index >= 15 is 0 Å². The number of amides is 2. The molecule has 0 unspecified atom stereocenters. The number of carbonyl (C=O) groups is 2. The van der Waals surface area contributed by atoms with Gasteiger partial charge in [0.05, 0.1) is 6.54 Å². The molecule has 11 heteroatoms. The van der Waals surface area contributed by atoms with Crippen molar-refractivity contribution in [3.05, 3.63) is 0 Å². The SMILES string of the molecule is CC(=O)N1CCN(C(C)C)CC1.CC(C)(C)N1CCNCC1.CC(C)N1CCN(C(=O)CN(C)C)CC1.CN1CCN(C(C)(C)C)CC1. The molecule has 0 aliphatic carbocycles. The average molecular weight is 682 g/mol. The highest BCUT2D eigenvalue weighted by Crippen LogP contribution is 2.15. The number of piperazine rings is 4. The van der Waals surface area contributed by atoms with Crippen LogP contribution in [0.5, 0.6) is 0 Å². The van der Waals surface area contributed by atoms with Crippen LogP contribution in [0.2, 0.25) is 0 Å². The molecule has 0 bridgehead atoms. The van der Waals surface area contributed by atoms with Gasteiger partial charge in [0.15, 0.2) is 0 Å². The zero-order valence-electron chi connectivity index (χ0n) is 34.1. The van der Waals surface area contributed by atoms with Crippen molar-refractivity contribution in [3.63, 3.8) is 0 Å². The van der Waals surface area contributed by atoms with Crippen molar-refractivity contribution in [2.45, 2.75) is 99.3 Å². The Morgan fingerprint density at radius 2 is 0.979 bits per heavy atom. The number of hydrogen-bond acceptors (Lipinski definition) is 9. The van der Waals surface area contributed by atoms with Crippen molar-refractivity contribution in [1.82, 2.24) is 44.5 Å². The van der Waals surface area contributed by atoms with E-state index in [1.165, 1.54) is 39.3 Å². The molecule has 0 aromatic rings. The third kappa shape index (κ3) is 18.1. The molecule has 2 amide bonds. The fourth-order valence-electron chi connectivity index (χ4n) is 6.22. The minimum Gasteiger partial charge on any atom is -0.340 e. The highest BCUT2D eigenvalue weighted by Gasteiger charge is 2.25. The summed E-state index contributed by atoms with van der Waals surface area (Å²) in [5.41, 5.74) is 0.726. The van der Waals surface area contributed by atoms with Crippen LogP contribution >= 0.6 is 0 Å². The van der Waals surface area contributed by atoms with Gasteiger partial charge in [-0.1, -0.05) is 0 Å². The van der Waals surface area contributed by atoms with Gasteiger partial charge in [-0.15, -0.1) is 0 Å². The first-order chi connectivity index (χ1) is 22.2. The maximum atomic E-state index is 11.8. The van der Waals surface area contributed by atoms with Crippen LogP contribution in [-0.4, -0.2) is 207 Å². The summed E-state index contributed by atoms with van der Waals surface area (Å²) in [7, 11) is 6.06. The topological polar surface area (TPSA) is 72.1 Å². The third-order valence-electron chi connectivity index (χ3n) is 9.86. The summed E-state index contributed by atoms with van der Waals surface area (Å²) < 4.78 is 0. The molecule has 0 saturated carbocycles. The van der Waals surface area contributed by atoms with E-state index in [-0.39, 0.29) is 11.8 Å². The van der Waals surface area contributed by atoms with Crippen LogP contribution in [0.15, 0.2) is 0 Å². The van der Waals surface area contributed by atoms with Crippen LogP contribution in [-0.2, 0) is 9.59 Å². The molecule has 48 heavy (non-hydrogen) atoms. The molecule has 4 aliphatic rings. The minimum atomic E-state index is 0.207. The molecule has 4 rings (SSSR count). The monoisotopic (exact) mass is 682 g/mol. The van der Waals surface area contributed by atoms with Crippen molar-refractivity contribution in [2.75, 3.05) is 132 Å². The van der Waals surface area contributed by atoms with E-state index in [9.17, 15) is 9.59 Å². The Morgan fingerprint density at radius 1 is 0.604 bits per heavy atom. The maximum absolute atomic E-state index is 11.8. The largest absolute Gasteiger partial charge is 0.340 e. The molecule has 284 valence electrons. The highest BCUT2D eigenvalue weighted by atomic mass is 16.2. The van der Waals surface area contributed by atoms with Gasteiger partial charge < -0.3 is 24.9 Å². The van der Waals surface area contributed by atoms with Crippen molar-refractivity contribution < 1.29 is 9.59 Å². The van der Waals surface area contributed by atoms with Gasteiger partial charge >= 0.3 is 0 Å². The Labute approximate surface area is 297 Å². The molecule has 11 nitrogen and oxygen atoms in total. The van der Waals surface area contributed by atoms with Crippen molar-refractivity contribution >= 4 is 11.8 Å². The quantitative estimate of drug-likeness (QED) is 0.482. The van der Waals surface area contributed by atoms with Crippen LogP contribution < -0.4 is 5.32 Å². The minimum absolute atomic E-state index is 0.207. The van der Waals surface area contributed by atoms with Gasteiger partial charge in [0.2, 0.25) is 11.8 Å². The van der Waals surface area contributed by atoms with Crippen LogP contribution in [0, 0.1) is 0 Å². The van der Waals surface area contributed by atoms with Gasteiger partial charge in [-0.3, -0.25) is 29.2 Å². The van der Waals surface area contributed by atoms with Crippen molar-refractivity contribution in [1.29, 1.82) is 0 Å². The van der Waals surface area contributed by atoms with Crippen molar-refractivity contribution in [2.24, 2.45) is 0 Å². The van der Waals surface area contributed by atoms with Gasteiger partial charge in [-0.25, -0.2) is 0 Å². The van der Waals surface area contributed by atoms with Gasteiger partial charge in [-0.05, 0) is 90.4 Å². The van der Waals surface area contributed by atoms with Gasteiger partial charge in [0.25, 0.3) is 0 Å². The molecular weight excluding hydrogens is 602 g/mol. The number of hydrogen-bond donors (Lipinski definition) is 1. The molecule has 4 aliphatic heterocycles. The average Bonchev–Trinajstić information content (AvgIpc) is 3.01. The summed E-state index contributed by atoms with van der Waals surface area (Å²) in [6, 6.07) is 1.20. The number of likely N-dealkylation sites (N-methyl/N-ethyl adjacent to an activating group) is 2. The second-order valence-electron chi connectivity index (χ2n) is 16.8. The van der Waals surface area contributed by atoms with E-state index in [1.807, 2.05) is 28.8 Å². The molecule has 4 saturated heterocycles. The summed E-state index contributed by atoms with van der Waals surface area (Å²) in [6.45, 7) is 41.9. The number of carbonyl (C=O) groups excluding carboxylic acids is 2. The van der Waals surface area contributed by atoms with E-state index in [2.05, 4.69) is 106 Å². The molecular formula is C37H79N9O2. The van der Waals surface area contributed by atoms with Gasteiger partial charge in [0, 0.05) is 135 Å². The molecule has 0 aromatic heterocycles. The highest BCUT2D eigenvalue weighted by molar-refractivity contribution is 5.78. The number of nitrogens with one attached hydrogen (secondary N) is 1. The van der Waals surface area contributed by atoms with E-state index < -0.39 is 0 Å². The summed E-state index contributed by atoms with van der Waals surface area (Å²) in [5.74, 6) is 0.460. The Bertz CT molecular complexity index is 870. The van der Waals surface area contributed by atoms with Crippen LogP contribution in [0.3, 0.4) is 0 Å². The summed E-state index contributed by atoms with van der Waals surface area (Å²) in [5, 5.41) is 3.35. The van der Waals surface area contributed by atoms with Crippen molar-refractivity contribution in [3.8, 4) is 0 Å². The molecule has 0 atom stereocenters. The summed E-state index contributed by atoms with van der Waals surface area (Å²) >= 11 is 0. The Hall–Kier alpha value is -1.34. The predicted molar refractivity (Wildman–Crippen MR) is 204 cm³/mol. The summed E-state index contributed by atoms with van der Waals surface area (Å²) in [4.78, 5) is 40.8. The van der Waals surface area contributed by atoms with E-state index in [4.69, 9.17) is 0 Å². The lowest BCUT2D eigenvalue weighted by Crippen LogP contribution is -2.52. The van der Waals surface area contributed by atoms with E-state index in [0.717, 1.165) is 65.4 Å². The molecule has 4 heterocycles. The third-order valence-corrected chi connectivity index (χ3v) is 9.86. The lowest BCUT2D eigenvalue weighted by atomic mass is 10.1. The smallest absolute Gasteiger partial charge is 0.236 e. The second-order valence-corrected chi connectivity index (χ2v) is 16.8. The Kier molecular flexibility index (Phi) is 20.3. The van der Waals surface area contributed by atoms with Crippen LogP contribution in [0.4, 0.5) is 0 Å². The lowest BCUT2D eigenvalue weighted by molar-refractivity contribution is -0.134. The molecule has 0 aromatic carbocycles. The predicted octanol–water partition coefficient (Wildman–Crippen LogP) is 2.38. The number of rotatable bonds is 4. The Morgan fingerprint density at radius 3 is 1.29 bits per heavy atom. The zero-order chi connectivity index (χ0) is 36.7. The lowest BCUT2D eigenvalue weighted by Gasteiger charge is -2.41. The first-order valence-electron chi connectivity index (χ1n) is 18.8. The van der Waals surface area contributed by atoms with Crippen LogP contribution in [0.1, 0.15) is 76.2 Å². The van der Waals surface area contributed by atoms with E-state index in [0.29, 0.717) is 29.7 Å². The first kappa shape index (κ1) is 44.7. The fourth-order valence-corrected chi connectivity index (χ4v) is 6.22.